The number of nitrogens with zero attached hydrogens (tertiary/aromatic N) is 2. The SMILES string of the molecule is CC(C)Cc1c(C(=O)O)c(C(F)F)nc(C(F)(F)F)c1/C(C#N)=C1/CCCO1. The van der Waals surface area contributed by atoms with Gasteiger partial charge in [0, 0.05) is 12.0 Å². The van der Waals surface area contributed by atoms with E-state index in [1.54, 1.807) is 19.9 Å². The molecule has 0 radical (unpaired) electrons. The number of nitriles is 1. The molecule has 1 saturated heterocycles. The second-order valence-electron chi connectivity index (χ2n) is 6.64. The summed E-state index contributed by atoms with van der Waals surface area (Å²) in [5, 5.41) is 19.0. The average molecular weight is 404 g/mol. The van der Waals surface area contributed by atoms with Gasteiger partial charge in [-0.2, -0.15) is 18.4 Å². The molecule has 152 valence electrons. The number of pyridine rings is 1. The van der Waals surface area contributed by atoms with Crippen LogP contribution in [0.4, 0.5) is 22.0 Å². The largest absolute Gasteiger partial charge is 0.497 e. The van der Waals surface area contributed by atoms with Crippen LogP contribution in [-0.4, -0.2) is 22.7 Å². The Hall–Kier alpha value is -2.70. The first-order valence-corrected chi connectivity index (χ1v) is 8.40. The molecule has 0 unspecified atom stereocenters. The lowest BCUT2D eigenvalue weighted by atomic mass is 9.87. The van der Waals surface area contributed by atoms with Gasteiger partial charge in [-0.25, -0.2) is 18.6 Å². The molecular weight excluding hydrogens is 387 g/mol. The highest BCUT2D eigenvalue weighted by Gasteiger charge is 2.42. The van der Waals surface area contributed by atoms with E-state index in [0.717, 1.165) is 0 Å². The summed E-state index contributed by atoms with van der Waals surface area (Å²) in [7, 11) is 0. The summed E-state index contributed by atoms with van der Waals surface area (Å²) in [6, 6.07) is 1.64. The van der Waals surface area contributed by atoms with Crippen LogP contribution in [0.2, 0.25) is 0 Å². The molecule has 28 heavy (non-hydrogen) atoms. The molecule has 0 bridgehead atoms. The fourth-order valence-electron chi connectivity index (χ4n) is 3.09. The van der Waals surface area contributed by atoms with Crippen molar-refractivity contribution < 1.29 is 36.6 Å². The van der Waals surface area contributed by atoms with E-state index in [0.29, 0.717) is 6.42 Å². The van der Waals surface area contributed by atoms with Gasteiger partial charge < -0.3 is 9.84 Å². The fourth-order valence-corrected chi connectivity index (χ4v) is 3.09. The molecular formula is C18H17F5N2O3. The first-order chi connectivity index (χ1) is 13.0. The summed E-state index contributed by atoms with van der Waals surface area (Å²) in [6.07, 6.45) is -8.33. The molecule has 5 nitrogen and oxygen atoms in total. The standard InChI is InChI=1S/C18H17F5N2O3/c1-8(2)6-9-12(10(7-24)11-4-3-5-28-11)15(18(21,22)23)25-14(16(19)20)13(9)17(26)27/h8,16H,3-6H2,1-2H3,(H,26,27)/b11-10-. The molecule has 0 spiro atoms. The highest BCUT2D eigenvalue weighted by atomic mass is 19.4. The number of hydrogen-bond acceptors (Lipinski definition) is 4. The van der Waals surface area contributed by atoms with E-state index in [2.05, 4.69) is 4.98 Å². The second-order valence-corrected chi connectivity index (χ2v) is 6.64. The molecule has 1 fully saturated rings. The predicted molar refractivity (Wildman–Crippen MR) is 87.4 cm³/mol. The summed E-state index contributed by atoms with van der Waals surface area (Å²) < 4.78 is 73.1. The number of carboxylic acid groups (broad SMARTS) is 1. The first-order valence-electron chi connectivity index (χ1n) is 8.40. The summed E-state index contributed by atoms with van der Waals surface area (Å²) in [5.41, 5.74) is -5.96. The Morgan fingerprint density at radius 3 is 2.36 bits per heavy atom. The van der Waals surface area contributed by atoms with Crippen molar-refractivity contribution in [3.8, 4) is 6.07 Å². The minimum absolute atomic E-state index is 0.0269. The van der Waals surface area contributed by atoms with E-state index in [9.17, 15) is 37.1 Å². The van der Waals surface area contributed by atoms with Crippen LogP contribution in [-0.2, 0) is 17.3 Å². The number of carboxylic acids is 1. The average Bonchev–Trinajstić information content (AvgIpc) is 3.08. The van der Waals surface area contributed by atoms with Crippen LogP contribution in [0.15, 0.2) is 5.76 Å². The number of carbonyl (C=O) groups is 1. The van der Waals surface area contributed by atoms with Gasteiger partial charge in [0.2, 0.25) is 0 Å². The van der Waals surface area contributed by atoms with Crippen LogP contribution in [0.5, 0.6) is 0 Å². The van der Waals surface area contributed by atoms with Crippen LogP contribution in [0.1, 0.15) is 66.0 Å². The molecule has 0 amide bonds. The Morgan fingerprint density at radius 2 is 1.96 bits per heavy atom. The van der Waals surface area contributed by atoms with Gasteiger partial charge in [0.1, 0.15) is 17.5 Å². The van der Waals surface area contributed by atoms with Crippen molar-refractivity contribution >= 4 is 11.5 Å². The monoisotopic (exact) mass is 404 g/mol. The quantitative estimate of drug-likeness (QED) is 0.553. The Kier molecular flexibility index (Phi) is 6.27. The van der Waals surface area contributed by atoms with Crippen LogP contribution in [0, 0.1) is 17.2 Å². The fraction of sp³-hybridized carbons (Fsp3) is 0.500. The Bertz CT molecular complexity index is 846. The number of aromatic nitrogens is 1. The third-order valence-corrected chi connectivity index (χ3v) is 4.10. The van der Waals surface area contributed by atoms with Crippen molar-refractivity contribution in [3.05, 3.63) is 33.8 Å². The van der Waals surface area contributed by atoms with Gasteiger partial charge >= 0.3 is 12.1 Å². The van der Waals surface area contributed by atoms with Crippen molar-refractivity contribution in [3.63, 3.8) is 0 Å². The number of hydrogen-bond donors (Lipinski definition) is 1. The molecule has 0 atom stereocenters. The van der Waals surface area contributed by atoms with Gasteiger partial charge in [0.05, 0.1) is 17.7 Å². The van der Waals surface area contributed by atoms with Gasteiger partial charge in [-0.15, -0.1) is 0 Å². The van der Waals surface area contributed by atoms with E-state index in [1.165, 1.54) is 0 Å². The maximum Gasteiger partial charge on any atom is 0.434 e. The van der Waals surface area contributed by atoms with E-state index < -0.39 is 52.2 Å². The molecule has 10 heteroatoms. The predicted octanol–water partition coefficient (Wildman–Crippen LogP) is 4.98. The Balaban J connectivity index is 3.05. The maximum atomic E-state index is 13.7. The molecule has 1 aromatic rings. The molecule has 1 aliphatic heterocycles. The Labute approximate surface area is 157 Å². The summed E-state index contributed by atoms with van der Waals surface area (Å²) >= 11 is 0. The summed E-state index contributed by atoms with van der Waals surface area (Å²) in [5.74, 6) is -2.23. The van der Waals surface area contributed by atoms with E-state index in [4.69, 9.17) is 4.74 Å². The zero-order valence-electron chi connectivity index (χ0n) is 15.0. The minimum atomic E-state index is -5.18. The summed E-state index contributed by atoms with van der Waals surface area (Å²) in [4.78, 5) is 14.7. The molecule has 0 aromatic carbocycles. The number of ether oxygens (including phenoxy) is 1. The van der Waals surface area contributed by atoms with Crippen LogP contribution in [0.3, 0.4) is 0 Å². The van der Waals surface area contributed by atoms with E-state index in [1.807, 2.05) is 0 Å². The molecule has 0 saturated carbocycles. The highest BCUT2D eigenvalue weighted by Crippen LogP contribution is 2.42. The van der Waals surface area contributed by atoms with Crippen molar-refractivity contribution in [2.45, 2.75) is 45.7 Å². The van der Waals surface area contributed by atoms with Crippen LogP contribution in [0.25, 0.3) is 5.57 Å². The number of alkyl halides is 5. The van der Waals surface area contributed by atoms with Gasteiger partial charge in [0.15, 0.2) is 5.69 Å². The van der Waals surface area contributed by atoms with Crippen molar-refractivity contribution in [2.24, 2.45) is 5.92 Å². The first kappa shape index (κ1) is 21.6. The van der Waals surface area contributed by atoms with Gasteiger partial charge in [-0.1, -0.05) is 13.8 Å². The van der Waals surface area contributed by atoms with Crippen LogP contribution >= 0.6 is 0 Å². The zero-order chi connectivity index (χ0) is 21.2. The number of allylic oxidation sites excluding steroid dienone is 2. The lowest BCUT2D eigenvalue weighted by Gasteiger charge is -2.22. The van der Waals surface area contributed by atoms with Gasteiger partial charge in [0.25, 0.3) is 6.43 Å². The molecule has 0 aliphatic carbocycles. The zero-order valence-corrected chi connectivity index (χ0v) is 15.0. The third kappa shape index (κ3) is 4.24. The minimum Gasteiger partial charge on any atom is -0.497 e. The lowest BCUT2D eigenvalue weighted by molar-refractivity contribution is -0.141. The number of rotatable bonds is 5. The topological polar surface area (TPSA) is 83.2 Å². The van der Waals surface area contributed by atoms with Crippen molar-refractivity contribution in [2.75, 3.05) is 6.61 Å². The van der Waals surface area contributed by atoms with Gasteiger partial charge in [-0.3, -0.25) is 0 Å². The van der Waals surface area contributed by atoms with Crippen molar-refractivity contribution in [1.82, 2.24) is 4.98 Å². The summed E-state index contributed by atoms with van der Waals surface area (Å²) in [6.45, 7) is 3.38. The Morgan fingerprint density at radius 1 is 1.32 bits per heavy atom. The lowest BCUT2D eigenvalue weighted by Crippen LogP contribution is -2.22. The second kappa shape index (κ2) is 8.12. The number of aromatic carboxylic acids is 1. The van der Waals surface area contributed by atoms with Crippen molar-refractivity contribution in [1.29, 1.82) is 5.26 Å². The molecule has 2 rings (SSSR count). The van der Waals surface area contributed by atoms with Gasteiger partial charge in [-0.05, 0) is 24.3 Å². The van der Waals surface area contributed by atoms with E-state index in [-0.39, 0.29) is 31.1 Å². The molecule has 2 heterocycles. The maximum absolute atomic E-state index is 13.7. The van der Waals surface area contributed by atoms with E-state index >= 15 is 0 Å². The van der Waals surface area contributed by atoms with Crippen LogP contribution < -0.4 is 0 Å². The molecule has 1 aliphatic rings. The molecule has 1 aromatic heterocycles. The number of halogens is 5. The normalized spacial score (nSPS) is 16.3. The third-order valence-electron chi connectivity index (χ3n) is 4.10. The molecule has 1 N–H and O–H groups in total. The smallest absolute Gasteiger partial charge is 0.434 e. The highest BCUT2D eigenvalue weighted by molar-refractivity contribution is 5.94.